The van der Waals surface area contributed by atoms with Gasteiger partial charge >= 0.3 is 0 Å². The molecule has 5 aromatic rings. The van der Waals surface area contributed by atoms with Crippen LogP contribution in [0.4, 0.5) is 11.6 Å². The zero-order valence-electron chi connectivity index (χ0n) is 24.2. The van der Waals surface area contributed by atoms with Crippen molar-refractivity contribution >= 4 is 11.6 Å². The highest BCUT2D eigenvalue weighted by Gasteiger charge is 2.16. The maximum absolute atomic E-state index is 6.08. The second kappa shape index (κ2) is 13.9. The average molecular weight is 578 g/mol. The van der Waals surface area contributed by atoms with Gasteiger partial charge in [-0.05, 0) is 48.4 Å². The van der Waals surface area contributed by atoms with E-state index in [0.29, 0.717) is 24.1 Å². The Morgan fingerprint density at radius 2 is 1.72 bits per heavy atom. The number of pyridine rings is 2. The lowest BCUT2D eigenvalue weighted by Crippen LogP contribution is -2.46. The molecule has 5 heterocycles. The van der Waals surface area contributed by atoms with Gasteiger partial charge in [-0.1, -0.05) is 6.07 Å². The maximum Gasteiger partial charge on any atom is 0.227 e. The Morgan fingerprint density at radius 3 is 2.58 bits per heavy atom. The quantitative estimate of drug-likeness (QED) is 0.203. The molecule has 11 nitrogen and oxygen atoms in total. The van der Waals surface area contributed by atoms with Crippen molar-refractivity contribution in [3.8, 4) is 34.3 Å². The van der Waals surface area contributed by atoms with Crippen molar-refractivity contribution in [3.05, 3.63) is 91.3 Å². The highest BCUT2D eigenvalue weighted by Crippen LogP contribution is 2.25. The summed E-state index contributed by atoms with van der Waals surface area (Å²) in [6, 6.07) is 15.8. The van der Waals surface area contributed by atoms with Crippen LogP contribution >= 0.6 is 0 Å². The molecule has 0 atom stereocenters. The van der Waals surface area contributed by atoms with E-state index in [-0.39, 0.29) is 0 Å². The minimum Gasteiger partial charge on any atom is -0.495 e. The summed E-state index contributed by atoms with van der Waals surface area (Å²) in [6.45, 7) is 7.03. The van der Waals surface area contributed by atoms with Crippen LogP contribution in [-0.2, 0) is 6.54 Å². The molecule has 1 aliphatic rings. The van der Waals surface area contributed by atoms with Crippen LogP contribution in [0.5, 0.6) is 11.5 Å². The summed E-state index contributed by atoms with van der Waals surface area (Å²) in [6.07, 6.45) is 11.6. The van der Waals surface area contributed by atoms with Crippen LogP contribution in [0.25, 0.3) is 22.8 Å². The van der Waals surface area contributed by atoms with Gasteiger partial charge < -0.3 is 24.7 Å². The third-order valence-corrected chi connectivity index (χ3v) is 7.33. The number of hydrogen-bond acceptors (Lipinski definition) is 10. The number of piperazine rings is 1. The van der Waals surface area contributed by atoms with Gasteiger partial charge in [0, 0.05) is 81.4 Å². The highest BCUT2D eigenvalue weighted by atomic mass is 16.5. The molecular weight excluding hydrogens is 542 g/mol. The van der Waals surface area contributed by atoms with Gasteiger partial charge in [0.2, 0.25) is 5.95 Å². The summed E-state index contributed by atoms with van der Waals surface area (Å²) in [5.74, 6) is 2.65. The highest BCUT2D eigenvalue weighted by molar-refractivity contribution is 5.64. The summed E-state index contributed by atoms with van der Waals surface area (Å²) < 4.78 is 11.4. The van der Waals surface area contributed by atoms with Crippen LogP contribution in [-0.4, -0.2) is 86.1 Å². The molecule has 0 spiro atoms. The smallest absolute Gasteiger partial charge is 0.227 e. The molecule has 1 saturated heterocycles. The molecule has 220 valence electrons. The number of aromatic nitrogens is 6. The molecule has 6 rings (SSSR count). The molecule has 1 aromatic carbocycles. The molecular formula is C32H35N9O2. The van der Waals surface area contributed by atoms with Crippen LogP contribution < -0.4 is 14.8 Å². The summed E-state index contributed by atoms with van der Waals surface area (Å²) in [5.41, 5.74) is 4.50. The molecule has 2 N–H and O–H groups in total. The van der Waals surface area contributed by atoms with Gasteiger partial charge in [0.05, 0.1) is 37.5 Å². The van der Waals surface area contributed by atoms with Crippen molar-refractivity contribution in [2.75, 3.05) is 51.8 Å². The first kappa shape index (κ1) is 28.3. The topological polar surface area (TPSA) is 117 Å². The van der Waals surface area contributed by atoms with Crippen molar-refractivity contribution in [2.45, 2.75) is 13.0 Å². The molecule has 0 unspecified atom stereocenters. The molecule has 0 radical (unpaired) electrons. The first-order chi connectivity index (χ1) is 21.2. The maximum atomic E-state index is 6.08. The zero-order valence-corrected chi connectivity index (χ0v) is 24.2. The van der Waals surface area contributed by atoms with E-state index in [0.717, 1.165) is 74.1 Å². The number of benzene rings is 1. The van der Waals surface area contributed by atoms with Gasteiger partial charge in [-0.3, -0.25) is 14.9 Å². The van der Waals surface area contributed by atoms with E-state index in [1.54, 1.807) is 31.9 Å². The number of nitrogens with zero attached hydrogens (tertiary/aromatic N) is 7. The van der Waals surface area contributed by atoms with Crippen LogP contribution in [0.2, 0.25) is 0 Å². The SMILES string of the molecule is COc1cncc(-c2ncc(-c3ccnc(Nc4cccc(OCCCN5CCN(Cc6ccncc6)CC5)c4)n3)[nH]2)c1. The van der Waals surface area contributed by atoms with Crippen LogP contribution in [0.1, 0.15) is 12.0 Å². The summed E-state index contributed by atoms with van der Waals surface area (Å²) in [7, 11) is 1.61. The van der Waals surface area contributed by atoms with E-state index < -0.39 is 0 Å². The number of imidazole rings is 1. The van der Waals surface area contributed by atoms with Crippen molar-refractivity contribution < 1.29 is 9.47 Å². The van der Waals surface area contributed by atoms with Gasteiger partial charge in [0.1, 0.15) is 17.3 Å². The van der Waals surface area contributed by atoms with E-state index in [9.17, 15) is 0 Å². The third kappa shape index (κ3) is 7.70. The Morgan fingerprint density at radius 1 is 0.860 bits per heavy atom. The number of ether oxygens (including phenoxy) is 2. The number of nitrogens with one attached hydrogen (secondary N) is 2. The predicted octanol–water partition coefficient (Wildman–Crippen LogP) is 4.66. The predicted molar refractivity (Wildman–Crippen MR) is 165 cm³/mol. The standard InChI is InChI=1S/C32H35N9O2/c1-42-28-18-25(20-34-21-28)31-36-22-30(38-31)29-8-11-35-32(39-29)37-26-4-2-5-27(19-26)43-17-3-12-40-13-15-41(16-14-40)23-24-6-9-33-10-7-24/h2,4-11,18-22H,3,12-17,23H2,1H3,(H,36,38)(H,35,37,39). The number of H-pyrrole nitrogens is 1. The zero-order chi connectivity index (χ0) is 29.3. The molecule has 0 amide bonds. The van der Waals surface area contributed by atoms with Crippen molar-refractivity contribution in [2.24, 2.45) is 0 Å². The fourth-order valence-corrected chi connectivity index (χ4v) is 5.02. The van der Waals surface area contributed by atoms with Crippen LogP contribution in [0.15, 0.2) is 85.7 Å². The third-order valence-electron chi connectivity index (χ3n) is 7.33. The van der Waals surface area contributed by atoms with Gasteiger partial charge in [0.25, 0.3) is 0 Å². The lowest BCUT2D eigenvalue weighted by molar-refractivity contribution is 0.121. The molecule has 4 aromatic heterocycles. The molecule has 43 heavy (non-hydrogen) atoms. The van der Waals surface area contributed by atoms with Crippen LogP contribution in [0.3, 0.4) is 0 Å². The second-order valence-corrected chi connectivity index (χ2v) is 10.4. The van der Waals surface area contributed by atoms with E-state index in [1.165, 1.54) is 5.56 Å². The second-order valence-electron chi connectivity index (χ2n) is 10.4. The van der Waals surface area contributed by atoms with Gasteiger partial charge in [-0.2, -0.15) is 0 Å². The van der Waals surface area contributed by atoms with Gasteiger partial charge in [0.15, 0.2) is 0 Å². The monoisotopic (exact) mass is 577 g/mol. The molecule has 1 aliphatic heterocycles. The minimum atomic E-state index is 0.483. The fourth-order valence-electron chi connectivity index (χ4n) is 5.02. The van der Waals surface area contributed by atoms with Gasteiger partial charge in [-0.15, -0.1) is 0 Å². The van der Waals surface area contributed by atoms with E-state index >= 15 is 0 Å². The Hall–Kier alpha value is -4.87. The molecule has 0 aliphatic carbocycles. The lowest BCUT2D eigenvalue weighted by Gasteiger charge is -2.34. The number of aromatic amines is 1. The van der Waals surface area contributed by atoms with Gasteiger partial charge in [-0.25, -0.2) is 15.0 Å². The van der Waals surface area contributed by atoms with Crippen molar-refractivity contribution in [1.82, 2.24) is 39.7 Å². The molecule has 0 saturated carbocycles. The number of rotatable bonds is 12. The Labute approximate surface area is 251 Å². The fraction of sp³-hybridized carbons (Fsp3) is 0.281. The summed E-state index contributed by atoms with van der Waals surface area (Å²) in [5, 5.41) is 3.29. The Balaban J connectivity index is 0.973. The largest absolute Gasteiger partial charge is 0.495 e. The van der Waals surface area contributed by atoms with E-state index in [4.69, 9.17) is 9.47 Å². The number of hydrogen-bond donors (Lipinski definition) is 2. The first-order valence-electron chi connectivity index (χ1n) is 14.4. The lowest BCUT2D eigenvalue weighted by atomic mass is 10.2. The summed E-state index contributed by atoms with van der Waals surface area (Å²) >= 11 is 0. The molecule has 1 fully saturated rings. The number of anilines is 2. The molecule has 0 bridgehead atoms. The Bertz CT molecular complexity index is 1600. The number of methoxy groups -OCH3 is 1. The van der Waals surface area contributed by atoms with E-state index in [2.05, 4.69) is 57.2 Å². The molecule has 11 heteroatoms. The first-order valence-corrected chi connectivity index (χ1v) is 14.4. The minimum absolute atomic E-state index is 0.483. The van der Waals surface area contributed by atoms with Crippen molar-refractivity contribution in [1.29, 1.82) is 0 Å². The normalized spacial score (nSPS) is 14.0. The summed E-state index contributed by atoms with van der Waals surface area (Å²) in [4.78, 5) is 30.2. The van der Waals surface area contributed by atoms with Crippen LogP contribution in [0, 0.1) is 0 Å². The van der Waals surface area contributed by atoms with Crippen molar-refractivity contribution in [3.63, 3.8) is 0 Å². The average Bonchev–Trinajstić information content (AvgIpc) is 3.56. The Kier molecular flexibility index (Phi) is 9.11. The van der Waals surface area contributed by atoms with E-state index in [1.807, 2.05) is 48.8 Å².